The number of likely N-dealkylation sites (tertiary alicyclic amines) is 1. The highest BCUT2D eigenvalue weighted by Crippen LogP contribution is 2.42. The minimum absolute atomic E-state index is 0.00653. The fraction of sp³-hybridized carbons (Fsp3) is 0.515. The Morgan fingerprint density at radius 2 is 1.76 bits per heavy atom. The van der Waals surface area contributed by atoms with E-state index in [4.69, 9.17) is 18.9 Å². The Bertz CT molecular complexity index is 1300. The number of carbonyl (C=O) groups is 2. The summed E-state index contributed by atoms with van der Waals surface area (Å²) in [5.41, 5.74) is 1.92. The van der Waals surface area contributed by atoms with Crippen LogP contribution in [0.4, 0.5) is 0 Å². The second kappa shape index (κ2) is 14.1. The Balaban J connectivity index is 1.75. The number of aliphatic hydroxyl groups excluding tert-OH is 1. The number of amides is 1. The van der Waals surface area contributed by atoms with Gasteiger partial charge in [-0.25, -0.2) is 0 Å². The van der Waals surface area contributed by atoms with Gasteiger partial charge in [-0.15, -0.1) is 0 Å². The Hall–Kier alpha value is -3.56. The number of aliphatic hydroxyl groups is 1. The number of ketones is 1. The van der Waals surface area contributed by atoms with E-state index in [1.54, 1.807) is 36.3 Å². The molecule has 1 atom stereocenters. The molecule has 1 N–H and O–H groups in total. The number of benzene rings is 2. The summed E-state index contributed by atoms with van der Waals surface area (Å²) in [6.45, 7) is 14.2. The molecule has 2 aliphatic heterocycles. The van der Waals surface area contributed by atoms with Gasteiger partial charge in [0.05, 0.1) is 44.6 Å². The molecule has 0 saturated carbocycles. The number of methoxy groups -OCH3 is 1. The molecule has 1 unspecified atom stereocenters. The van der Waals surface area contributed by atoms with E-state index in [1.165, 1.54) is 0 Å². The summed E-state index contributed by atoms with van der Waals surface area (Å²) < 4.78 is 22.9. The molecule has 2 aliphatic rings. The first-order valence-corrected chi connectivity index (χ1v) is 14.8. The summed E-state index contributed by atoms with van der Waals surface area (Å²) in [5.74, 6) is 0.693. The van der Waals surface area contributed by atoms with Gasteiger partial charge in [-0.05, 0) is 74.6 Å². The fourth-order valence-corrected chi connectivity index (χ4v) is 5.30. The molecule has 0 bridgehead atoms. The zero-order valence-electron chi connectivity index (χ0n) is 25.6. The number of Topliss-reactive ketones (excluding diaryl/α,β-unsaturated/α-hetero) is 1. The fourth-order valence-electron chi connectivity index (χ4n) is 5.30. The van der Waals surface area contributed by atoms with Crippen molar-refractivity contribution in [3.8, 4) is 17.2 Å². The lowest BCUT2D eigenvalue weighted by molar-refractivity contribution is -0.140. The van der Waals surface area contributed by atoms with Crippen LogP contribution < -0.4 is 14.2 Å². The van der Waals surface area contributed by atoms with Crippen molar-refractivity contribution in [3.05, 3.63) is 58.7 Å². The van der Waals surface area contributed by atoms with E-state index in [0.717, 1.165) is 25.1 Å². The van der Waals surface area contributed by atoms with Gasteiger partial charge in [0.15, 0.2) is 11.5 Å². The van der Waals surface area contributed by atoms with E-state index in [2.05, 4.69) is 18.7 Å². The molecule has 2 fully saturated rings. The molecule has 2 heterocycles. The van der Waals surface area contributed by atoms with Gasteiger partial charge >= 0.3 is 0 Å². The average molecular weight is 581 g/mol. The van der Waals surface area contributed by atoms with Crippen molar-refractivity contribution < 1.29 is 33.6 Å². The molecule has 0 radical (unpaired) electrons. The molecule has 0 aromatic heterocycles. The molecule has 1 amide bonds. The summed E-state index contributed by atoms with van der Waals surface area (Å²) in [6.07, 6.45) is 0.889. The molecule has 2 saturated heterocycles. The largest absolute Gasteiger partial charge is 0.507 e. The number of nitrogens with zero attached hydrogens (tertiary/aromatic N) is 2. The number of hydrogen-bond donors (Lipinski definition) is 1. The monoisotopic (exact) mass is 580 g/mol. The summed E-state index contributed by atoms with van der Waals surface area (Å²) in [7, 11) is 1.56. The topological polar surface area (TPSA) is 97.8 Å². The highest BCUT2D eigenvalue weighted by Gasteiger charge is 2.46. The lowest BCUT2D eigenvalue weighted by Gasteiger charge is -2.31. The highest BCUT2D eigenvalue weighted by atomic mass is 16.5. The molecule has 228 valence electrons. The maximum atomic E-state index is 13.6. The lowest BCUT2D eigenvalue weighted by atomic mass is 9.93. The molecule has 0 spiro atoms. The van der Waals surface area contributed by atoms with E-state index in [0.29, 0.717) is 67.2 Å². The van der Waals surface area contributed by atoms with E-state index >= 15 is 0 Å². The van der Waals surface area contributed by atoms with Crippen LogP contribution >= 0.6 is 0 Å². The quantitative estimate of drug-likeness (QED) is 0.214. The molecule has 0 aliphatic carbocycles. The first-order valence-electron chi connectivity index (χ1n) is 14.8. The lowest BCUT2D eigenvalue weighted by Crippen LogP contribution is -2.42. The van der Waals surface area contributed by atoms with E-state index in [-0.39, 0.29) is 17.4 Å². The third-order valence-corrected chi connectivity index (χ3v) is 7.58. The Morgan fingerprint density at radius 1 is 1.02 bits per heavy atom. The van der Waals surface area contributed by atoms with Crippen LogP contribution in [0.3, 0.4) is 0 Å². The first kappa shape index (κ1) is 31.4. The van der Waals surface area contributed by atoms with Crippen molar-refractivity contribution in [1.29, 1.82) is 0 Å². The maximum Gasteiger partial charge on any atom is 0.295 e. The van der Waals surface area contributed by atoms with Gasteiger partial charge in [0, 0.05) is 31.7 Å². The SMILES string of the molecule is COc1cc(C2/C(=C(\O)c3ccc(OC(C)C)cc3C)C(=O)C(=O)N2CCN2CCOCC2)ccc1OCCC(C)C. The third kappa shape index (κ3) is 7.25. The van der Waals surface area contributed by atoms with Crippen LogP contribution in [0.25, 0.3) is 5.76 Å². The highest BCUT2D eigenvalue weighted by molar-refractivity contribution is 6.46. The van der Waals surface area contributed by atoms with Crippen molar-refractivity contribution in [1.82, 2.24) is 9.80 Å². The maximum absolute atomic E-state index is 13.6. The standard InChI is InChI=1S/C33H44N2O7/c1-21(2)11-16-41-27-10-7-24(20-28(27)39-6)30-29(31(36)26-9-8-25(19-23(26)5)42-22(3)4)32(37)33(38)35(30)13-12-34-14-17-40-18-15-34/h7-10,19-22,30,36H,11-18H2,1-6H3/b31-29+. The number of ether oxygens (including phenoxy) is 4. The summed E-state index contributed by atoms with van der Waals surface area (Å²) in [6, 6.07) is 9.96. The number of morpholine rings is 1. The minimum atomic E-state index is -0.796. The summed E-state index contributed by atoms with van der Waals surface area (Å²) in [5, 5.41) is 11.6. The zero-order valence-corrected chi connectivity index (χ0v) is 25.6. The van der Waals surface area contributed by atoms with Gasteiger partial charge in [-0.1, -0.05) is 19.9 Å². The molecule has 2 aromatic carbocycles. The van der Waals surface area contributed by atoms with Crippen LogP contribution in [0.5, 0.6) is 17.2 Å². The van der Waals surface area contributed by atoms with Crippen molar-refractivity contribution in [3.63, 3.8) is 0 Å². The second-order valence-corrected chi connectivity index (χ2v) is 11.5. The minimum Gasteiger partial charge on any atom is -0.507 e. The normalized spacial score (nSPS) is 19.1. The molecule has 9 nitrogen and oxygen atoms in total. The van der Waals surface area contributed by atoms with Crippen LogP contribution in [0.1, 0.15) is 56.8 Å². The Labute approximate surface area is 249 Å². The van der Waals surface area contributed by atoms with Crippen molar-refractivity contribution in [2.24, 2.45) is 5.92 Å². The van der Waals surface area contributed by atoms with Gasteiger partial charge in [0.25, 0.3) is 11.7 Å². The van der Waals surface area contributed by atoms with Crippen LogP contribution in [0, 0.1) is 12.8 Å². The smallest absolute Gasteiger partial charge is 0.295 e. The van der Waals surface area contributed by atoms with E-state index < -0.39 is 17.7 Å². The van der Waals surface area contributed by atoms with Gasteiger partial charge in [-0.3, -0.25) is 14.5 Å². The molecule has 9 heteroatoms. The molecule has 4 rings (SSSR count). The van der Waals surface area contributed by atoms with Crippen molar-refractivity contribution in [2.75, 3.05) is 53.1 Å². The first-order chi connectivity index (χ1) is 20.1. The molecular weight excluding hydrogens is 536 g/mol. The van der Waals surface area contributed by atoms with Crippen molar-refractivity contribution in [2.45, 2.75) is 53.2 Å². The second-order valence-electron chi connectivity index (χ2n) is 11.5. The van der Waals surface area contributed by atoms with E-state index in [1.807, 2.05) is 32.9 Å². The van der Waals surface area contributed by atoms with Gasteiger partial charge in [0.2, 0.25) is 0 Å². The van der Waals surface area contributed by atoms with Crippen LogP contribution in [-0.2, 0) is 14.3 Å². The molecule has 2 aromatic rings. The van der Waals surface area contributed by atoms with Crippen LogP contribution in [0.2, 0.25) is 0 Å². The number of hydrogen-bond acceptors (Lipinski definition) is 8. The molecular formula is C33H44N2O7. The number of rotatable bonds is 12. The molecule has 42 heavy (non-hydrogen) atoms. The predicted molar refractivity (Wildman–Crippen MR) is 161 cm³/mol. The van der Waals surface area contributed by atoms with Gasteiger partial charge in [0.1, 0.15) is 11.5 Å². The summed E-state index contributed by atoms with van der Waals surface area (Å²) in [4.78, 5) is 30.9. The van der Waals surface area contributed by atoms with Gasteiger partial charge in [-0.2, -0.15) is 0 Å². The number of aryl methyl sites for hydroxylation is 1. The van der Waals surface area contributed by atoms with Crippen molar-refractivity contribution >= 4 is 17.4 Å². The Morgan fingerprint density at radius 3 is 2.40 bits per heavy atom. The third-order valence-electron chi connectivity index (χ3n) is 7.58. The van der Waals surface area contributed by atoms with Crippen LogP contribution in [0.15, 0.2) is 42.0 Å². The average Bonchev–Trinajstić information content (AvgIpc) is 3.21. The van der Waals surface area contributed by atoms with E-state index in [9.17, 15) is 14.7 Å². The predicted octanol–water partition coefficient (Wildman–Crippen LogP) is 4.97. The Kier molecular flexibility index (Phi) is 10.5. The zero-order chi connectivity index (χ0) is 30.4. The van der Waals surface area contributed by atoms with Gasteiger partial charge < -0.3 is 29.0 Å². The van der Waals surface area contributed by atoms with Crippen LogP contribution in [-0.4, -0.2) is 85.8 Å². The number of carbonyl (C=O) groups excluding carboxylic acids is 2. The summed E-state index contributed by atoms with van der Waals surface area (Å²) >= 11 is 0.